The fraction of sp³-hybridized carbons (Fsp3) is 0.889. The maximum Gasteiger partial charge on any atom is 0.222 e. The Labute approximate surface area is 86.8 Å². The number of halogens is 1. The third-order valence-electron chi connectivity index (χ3n) is 3.24. The second kappa shape index (κ2) is 3.16. The van der Waals surface area contributed by atoms with Crippen molar-refractivity contribution in [1.29, 1.82) is 0 Å². The minimum absolute atomic E-state index is 0.355. The van der Waals surface area contributed by atoms with E-state index in [0.29, 0.717) is 17.9 Å². The monoisotopic (exact) mass is 279 g/mol. The van der Waals surface area contributed by atoms with Crippen LogP contribution in [0.2, 0.25) is 0 Å². The van der Waals surface area contributed by atoms with Crippen molar-refractivity contribution in [1.82, 2.24) is 4.90 Å². The lowest BCUT2D eigenvalue weighted by Gasteiger charge is -2.32. The van der Waals surface area contributed by atoms with Crippen LogP contribution in [0.25, 0.3) is 0 Å². The smallest absolute Gasteiger partial charge is 0.222 e. The summed E-state index contributed by atoms with van der Waals surface area (Å²) in [5.41, 5.74) is 0. The van der Waals surface area contributed by atoms with Crippen molar-refractivity contribution in [3.63, 3.8) is 0 Å². The van der Waals surface area contributed by atoms with Crippen LogP contribution < -0.4 is 0 Å². The Bertz CT molecular complexity index is 207. The lowest BCUT2D eigenvalue weighted by molar-refractivity contribution is -0.127. The zero-order chi connectivity index (χ0) is 8.72. The van der Waals surface area contributed by atoms with Crippen molar-refractivity contribution in [3.05, 3.63) is 0 Å². The number of hydrogen-bond donors (Lipinski definition) is 0. The number of hydrogen-bond acceptors (Lipinski definition) is 1. The summed E-state index contributed by atoms with van der Waals surface area (Å²) in [6, 6.07) is 0.563. The molecular weight excluding hydrogens is 265 g/mol. The van der Waals surface area contributed by atoms with Crippen LogP contribution in [-0.2, 0) is 4.79 Å². The lowest BCUT2D eigenvalue weighted by Crippen LogP contribution is -2.37. The second-order valence-electron chi connectivity index (χ2n) is 3.89. The number of carbonyl (C=O) groups is 1. The summed E-state index contributed by atoms with van der Waals surface area (Å²) < 4.78 is 0.732. The van der Waals surface area contributed by atoms with Gasteiger partial charge in [-0.1, -0.05) is 29.0 Å². The summed E-state index contributed by atoms with van der Waals surface area (Å²) in [6.07, 6.45) is 4.64. The van der Waals surface area contributed by atoms with E-state index in [4.69, 9.17) is 0 Å². The first-order valence-electron chi connectivity index (χ1n) is 4.60. The molecule has 1 saturated carbocycles. The number of nitrogens with zero attached hydrogens (tertiary/aromatic N) is 1. The molecule has 1 aliphatic carbocycles. The SMILES string of the molecule is CN1C(=O)C[C@@H]2[C@@H](I)CCC[C@@H]21. The summed E-state index contributed by atoms with van der Waals surface area (Å²) in [6.45, 7) is 0. The van der Waals surface area contributed by atoms with E-state index >= 15 is 0 Å². The molecule has 2 aliphatic rings. The van der Waals surface area contributed by atoms with Crippen molar-refractivity contribution in [2.75, 3.05) is 7.05 Å². The van der Waals surface area contributed by atoms with Gasteiger partial charge in [-0.25, -0.2) is 0 Å². The van der Waals surface area contributed by atoms with E-state index in [1.165, 1.54) is 19.3 Å². The van der Waals surface area contributed by atoms with E-state index in [9.17, 15) is 4.79 Å². The number of likely N-dealkylation sites (tertiary alicyclic amines) is 1. The van der Waals surface area contributed by atoms with Gasteiger partial charge >= 0.3 is 0 Å². The van der Waals surface area contributed by atoms with E-state index in [1.807, 2.05) is 11.9 Å². The first-order chi connectivity index (χ1) is 5.70. The number of alkyl halides is 1. The topological polar surface area (TPSA) is 20.3 Å². The molecule has 12 heavy (non-hydrogen) atoms. The number of carbonyl (C=O) groups excluding carboxylic acids is 1. The minimum Gasteiger partial charge on any atom is -0.342 e. The van der Waals surface area contributed by atoms with Crippen LogP contribution in [0.3, 0.4) is 0 Å². The predicted molar refractivity (Wildman–Crippen MR) is 56.3 cm³/mol. The molecule has 0 unspecified atom stereocenters. The highest BCUT2D eigenvalue weighted by molar-refractivity contribution is 14.1. The first-order valence-corrected chi connectivity index (χ1v) is 5.84. The first kappa shape index (κ1) is 8.78. The van der Waals surface area contributed by atoms with E-state index in [0.717, 1.165) is 10.3 Å². The molecule has 68 valence electrons. The van der Waals surface area contributed by atoms with Crippen LogP contribution in [0.15, 0.2) is 0 Å². The number of fused-ring (bicyclic) bond motifs is 1. The number of rotatable bonds is 0. The maximum absolute atomic E-state index is 11.4. The van der Waals surface area contributed by atoms with Gasteiger partial charge in [0.1, 0.15) is 0 Å². The molecule has 0 bridgehead atoms. The van der Waals surface area contributed by atoms with Crippen LogP contribution in [0.5, 0.6) is 0 Å². The van der Waals surface area contributed by atoms with Gasteiger partial charge in [-0.3, -0.25) is 4.79 Å². The molecule has 2 nitrogen and oxygen atoms in total. The Morgan fingerprint density at radius 2 is 2.25 bits per heavy atom. The molecule has 0 aromatic heterocycles. The van der Waals surface area contributed by atoms with Gasteiger partial charge in [0.2, 0.25) is 5.91 Å². The highest BCUT2D eigenvalue weighted by atomic mass is 127. The van der Waals surface area contributed by atoms with Gasteiger partial charge in [0.15, 0.2) is 0 Å². The molecule has 3 atom stereocenters. The Morgan fingerprint density at radius 1 is 1.50 bits per heavy atom. The largest absolute Gasteiger partial charge is 0.342 e. The molecule has 1 aliphatic heterocycles. The Hall–Kier alpha value is 0.200. The molecule has 3 heteroatoms. The standard InChI is InChI=1S/C9H14INO/c1-11-8-4-2-3-7(10)6(8)5-9(11)12/h6-8H,2-5H2,1H3/t6-,7+,8+/m1/s1. The molecule has 0 spiro atoms. The van der Waals surface area contributed by atoms with Crippen molar-refractivity contribution in [3.8, 4) is 0 Å². The van der Waals surface area contributed by atoms with Crippen LogP contribution in [0, 0.1) is 5.92 Å². The minimum atomic E-state index is 0.355. The van der Waals surface area contributed by atoms with Crippen LogP contribution in [0.4, 0.5) is 0 Å². The molecule has 1 amide bonds. The van der Waals surface area contributed by atoms with Crippen molar-refractivity contribution < 1.29 is 4.79 Å². The molecular formula is C9H14INO. The van der Waals surface area contributed by atoms with E-state index in [-0.39, 0.29) is 0 Å². The van der Waals surface area contributed by atoms with Gasteiger partial charge in [0.25, 0.3) is 0 Å². The van der Waals surface area contributed by atoms with E-state index in [1.54, 1.807) is 0 Å². The second-order valence-corrected chi connectivity index (χ2v) is 5.49. The van der Waals surface area contributed by atoms with Gasteiger partial charge in [0, 0.05) is 23.4 Å². The Balaban J connectivity index is 2.16. The van der Waals surface area contributed by atoms with E-state index in [2.05, 4.69) is 22.6 Å². The highest BCUT2D eigenvalue weighted by Gasteiger charge is 2.42. The van der Waals surface area contributed by atoms with Crippen LogP contribution in [0.1, 0.15) is 25.7 Å². The van der Waals surface area contributed by atoms with Crippen LogP contribution in [-0.4, -0.2) is 27.8 Å². The summed E-state index contributed by atoms with van der Waals surface area (Å²) in [4.78, 5) is 13.4. The zero-order valence-electron chi connectivity index (χ0n) is 7.29. The third kappa shape index (κ3) is 1.26. The average molecular weight is 279 g/mol. The van der Waals surface area contributed by atoms with Crippen molar-refractivity contribution in [2.45, 2.75) is 35.6 Å². The maximum atomic E-state index is 11.4. The zero-order valence-corrected chi connectivity index (χ0v) is 9.45. The fourth-order valence-electron chi connectivity index (χ4n) is 2.47. The number of amides is 1. The van der Waals surface area contributed by atoms with E-state index < -0.39 is 0 Å². The molecule has 0 radical (unpaired) electrons. The summed E-state index contributed by atoms with van der Waals surface area (Å²) in [5, 5.41) is 0. The van der Waals surface area contributed by atoms with Gasteiger partial charge in [0.05, 0.1) is 0 Å². The van der Waals surface area contributed by atoms with Crippen LogP contribution >= 0.6 is 22.6 Å². The van der Waals surface area contributed by atoms with Gasteiger partial charge in [-0.2, -0.15) is 0 Å². The predicted octanol–water partition coefficient (Wildman–Crippen LogP) is 1.82. The van der Waals surface area contributed by atoms with Crippen molar-refractivity contribution >= 4 is 28.5 Å². The summed E-state index contributed by atoms with van der Waals surface area (Å²) >= 11 is 2.52. The van der Waals surface area contributed by atoms with Gasteiger partial charge in [-0.15, -0.1) is 0 Å². The Kier molecular flexibility index (Phi) is 2.31. The van der Waals surface area contributed by atoms with Gasteiger partial charge in [-0.05, 0) is 18.8 Å². The lowest BCUT2D eigenvalue weighted by atomic mass is 9.85. The third-order valence-corrected chi connectivity index (χ3v) is 4.79. The highest BCUT2D eigenvalue weighted by Crippen LogP contribution is 2.39. The normalized spacial score (nSPS) is 41.7. The molecule has 0 aromatic rings. The van der Waals surface area contributed by atoms with Gasteiger partial charge < -0.3 is 4.90 Å². The quantitative estimate of drug-likeness (QED) is 0.489. The molecule has 1 saturated heterocycles. The molecule has 0 aromatic carbocycles. The molecule has 2 fully saturated rings. The summed E-state index contributed by atoms with van der Waals surface area (Å²) in [7, 11) is 1.96. The van der Waals surface area contributed by atoms with Crippen molar-refractivity contribution in [2.24, 2.45) is 5.92 Å². The Morgan fingerprint density at radius 3 is 2.92 bits per heavy atom. The molecule has 2 rings (SSSR count). The fourth-order valence-corrected chi connectivity index (χ4v) is 3.64. The average Bonchev–Trinajstić information content (AvgIpc) is 2.32. The summed E-state index contributed by atoms with van der Waals surface area (Å²) in [5.74, 6) is 1.01. The molecule has 1 heterocycles. The molecule has 0 N–H and O–H groups in total.